The lowest BCUT2D eigenvalue weighted by Crippen LogP contribution is -2.13. The second kappa shape index (κ2) is 7.31. The van der Waals surface area contributed by atoms with E-state index in [0.29, 0.717) is 0 Å². The molecule has 1 unspecified atom stereocenters. The monoisotopic (exact) mass is 195 g/mol. The molecule has 0 bridgehead atoms. The summed E-state index contributed by atoms with van der Waals surface area (Å²) >= 11 is 0. The van der Waals surface area contributed by atoms with Gasteiger partial charge in [0, 0.05) is 0 Å². The van der Waals surface area contributed by atoms with Crippen molar-refractivity contribution in [3.63, 3.8) is 0 Å². The molecule has 0 aromatic rings. The van der Waals surface area contributed by atoms with Gasteiger partial charge in [0.2, 0.25) is 0 Å². The van der Waals surface area contributed by atoms with Gasteiger partial charge in [-0.2, -0.15) is 0 Å². The largest absolute Gasteiger partial charge is 0.0654 e. The lowest BCUT2D eigenvalue weighted by atomic mass is 9.80. The van der Waals surface area contributed by atoms with Crippen LogP contribution in [0.15, 0.2) is 0 Å². The van der Waals surface area contributed by atoms with E-state index in [9.17, 15) is 0 Å². The van der Waals surface area contributed by atoms with E-state index in [0.717, 1.165) is 11.8 Å². The molecule has 0 heterocycles. The predicted octanol–water partition coefficient (Wildman–Crippen LogP) is 4.99. The molecule has 0 aromatic heterocycles. The molecule has 0 nitrogen and oxygen atoms in total. The first-order valence-electron chi connectivity index (χ1n) is 6.71. The summed E-state index contributed by atoms with van der Waals surface area (Å²) in [7, 11) is 0. The molecule has 1 aliphatic carbocycles. The third-order valence-electron chi connectivity index (χ3n) is 3.65. The van der Waals surface area contributed by atoms with Crippen LogP contribution in [0.25, 0.3) is 0 Å². The first-order chi connectivity index (χ1) is 6.86. The van der Waals surface area contributed by atoms with Crippen LogP contribution in [0.1, 0.15) is 71.6 Å². The second-order valence-electron chi connectivity index (χ2n) is 4.90. The Hall–Kier alpha value is 0. The van der Waals surface area contributed by atoms with Gasteiger partial charge in [-0.3, -0.25) is 0 Å². The molecule has 0 aliphatic heterocycles. The van der Waals surface area contributed by atoms with Crippen molar-refractivity contribution in [3.05, 3.63) is 6.42 Å². The van der Waals surface area contributed by atoms with Gasteiger partial charge in [-0.1, -0.05) is 71.6 Å². The van der Waals surface area contributed by atoms with Crippen molar-refractivity contribution in [2.45, 2.75) is 71.6 Å². The van der Waals surface area contributed by atoms with Crippen molar-refractivity contribution in [1.29, 1.82) is 0 Å². The van der Waals surface area contributed by atoms with Gasteiger partial charge in [0.1, 0.15) is 0 Å². The highest BCUT2D eigenvalue weighted by Crippen LogP contribution is 2.30. The van der Waals surface area contributed by atoms with Crippen molar-refractivity contribution < 1.29 is 0 Å². The fourth-order valence-electron chi connectivity index (χ4n) is 2.61. The smallest absolute Gasteiger partial charge is 0.0324 e. The summed E-state index contributed by atoms with van der Waals surface area (Å²) < 4.78 is 0. The number of hydrogen-bond donors (Lipinski definition) is 0. The van der Waals surface area contributed by atoms with Crippen LogP contribution in [0.2, 0.25) is 0 Å². The second-order valence-corrected chi connectivity index (χ2v) is 4.90. The normalized spacial score (nSPS) is 21.0. The third kappa shape index (κ3) is 4.48. The van der Waals surface area contributed by atoms with Crippen molar-refractivity contribution in [2.75, 3.05) is 0 Å². The Morgan fingerprint density at radius 2 is 1.86 bits per heavy atom. The molecular weight excluding hydrogens is 168 g/mol. The topological polar surface area (TPSA) is 0 Å². The van der Waals surface area contributed by atoms with Gasteiger partial charge in [-0.25, -0.2) is 0 Å². The molecule has 1 fully saturated rings. The average molecular weight is 195 g/mol. The van der Waals surface area contributed by atoms with E-state index < -0.39 is 0 Å². The van der Waals surface area contributed by atoms with Crippen LogP contribution in [0.3, 0.4) is 0 Å². The summed E-state index contributed by atoms with van der Waals surface area (Å²) in [6, 6.07) is 0. The summed E-state index contributed by atoms with van der Waals surface area (Å²) in [5.41, 5.74) is 0. The minimum atomic E-state index is 0.915. The fourth-order valence-corrected chi connectivity index (χ4v) is 2.61. The fraction of sp³-hybridized carbons (Fsp3) is 0.929. The Morgan fingerprint density at radius 1 is 1.14 bits per heavy atom. The van der Waals surface area contributed by atoms with Crippen molar-refractivity contribution in [3.8, 4) is 0 Å². The Labute approximate surface area is 90.5 Å². The molecule has 1 rings (SSSR count). The van der Waals surface area contributed by atoms with E-state index in [1.54, 1.807) is 0 Å². The van der Waals surface area contributed by atoms with E-state index in [2.05, 4.69) is 20.3 Å². The van der Waals surface area contributed by atoms with E-state index in [-0.39, 0.29) is 0 Å². The van der Waals surface area contributed by atoms with E-state index in [4.69, 9.17) is 0 Å². The lowest BCUT2D eigenvalue weighted by molar-refractivity contribution is 0.350. The molecule has 0 spiro atoms. The quantitative estimate of drug-likeness (QED) is 0.560. The molecule has 14 heavy (non-hydrogen) atoms. The van der Waals surface area contributed by atoms with Crippen molar-refractivity contribution in [1.82, 2.24) is 0 Å². The zero-order chi connectivity index (χ0) is 10.2. The van der Waals surface area contributed by atoms with Crippen LogP contribution in [0.4, 0.5) is 0 Å². The highest BCUT2D eigenvalue weighted by Gasteiger charge is 2.17. The molecule has 1 saturated carbocycles. The molecule has 0 heteroatoms. The zero-order valence-electron chi connectivity index (χ0n) is 10.1. The van der Waals surface area contributed by atoms with Crippen LogP contribution >= 0.6 is 0 Å². The van der Waals surface area contributed by atoms with Crippen LogP contribution < -0.4 is 0 Å². The molecule has 1 aliphatic rings. The van der Waals surface area contributed by atoms with Crippen molar-refractivity contribution in [2.24, 2.45) is 11.8 Å². The highest BCUT2D eigenvalue weighted by atomic mass is 14.2. The van der Waals surface area contributed by atoms with E-state index in [1.807, 2.05) is 0 Å². The van der Waals surface area contributed by atoms with Gasteiger partial charge in [0.15, 0.2) is 0 Å². The van der Waals surface area contributed by atoms with Gasteiger partial charge in [-0.15, -0.1) is 0 Å². The van der Waals surface area contributed by atoms with Gasteiger partial charge in [0.25, 0.3) is 0 Å². The number of rotatable bonds is 6. The minimum absolute atomic E-state index is 0.915. The summed E-state index contributed by atoms with van der Waals surface area (Å²) in [4.78, 5) is 0. The maximum atomic E-state index is 2.69. The molecule has 0 amide bonds. The van der Waals surface area contributed by atoms with Crippen LogP contribution in [-0.4, -0.2) is 0 Å². The summed E-state index contributed by atoms with van der Waals surface area (Å²) in [5, 5.41) is 0. The van der Waals surface area contributed by atoms with Gasteiger partial charge < -0.3 is 0 Å². The van der Waals surface area contributed by atoms with Crippen LogP contribution in [0, 0.1) is 18.3 Å². The molecule has 0 aromatic carbocycles. The standard InChI is InChI=1S/C14H27/c1-3-5-9-13(4-2)12-14-10-7-6-8-11-14/h12-14H,3-11H2,1-2H3. The summed E-state index contributed by atoms with van der Waals surface area (Å²) in [5.74, 6) is 1.88. The number of unbranched alkanes of at least 4 members (excludes halogenated alkanes) is 1. The van der Waals surface area contributed by atoms with Gasteiger partial charge >= 0.3 is 0 Å². The average Bonchev–Trinajstić information content (AvgIpc) is 2.25. The Bertz CT molecular complexity index is 122. The molecular formula is C14H27. The molecule has 1 atom stereocenters. The first kappa shape index (κ1) is 12.1. The summed E-state index contributed by atoms with van der Waals surface area (Å²) in [6.45, 7) is 4.65. The van der Waals surface area contributed by atoms with E-state index in [1.165, 1.54) is 57.8 Å². The van der Waals surface area contributed by atoms with E-state index >= 15 is 0 Å². The maximum absolute atomic E-state index is 2.69. The number of hydrogen-bond acceptors (Lipinski definition) is 0. The predicted molar refractivity (Wildman–Crippen MR) is 64.2 cm³/mol. The third-order valence-corrected chi connectivity index (χ3v) is 3.65. The SMILES string of the molecule is CCCCC([CH]C1CCCCC1)CC. The highest BCUT2D eigenvalue weighted by molar-refractivity contribution is 4.84. The van der Waals surface area contributed by atoms with Gasteiger partial charge in [0.05, 0.1) is 0 Å². The Balaban J connectivity index is 2.16. The summed E-state index contributed by atoms with van der Waals surface area (Å²) in [6.07, 6.45) is 15.6. The molecule has 83 valence electrons. The Morgan fingerprint density at radius 3 is 2.43 bits per heavy atom. The lowest BCUT2D eigenvalue weighted by Gasteiger charge is -2.25. The zero-order valence-corrected chi connectivity index (χ0v) is 10.1. The van der Waals surface area contributed by atoms with Crippen LogP contribution in [0.5, 0.6) is 0 Å². The molecule has 0 N–H and O–H groups in total. The molecule has 1 radical (unpaired) electrons. The Kier molecular flexibility index (Phi) is 6.31. The molecule has 0 saturated heterocycles. The maximum Gasteiger partial charge on any atom is -0.0324 e. The van der Waals surface area contributed by atoms with Crippen LogP contribution in [-0.2, 0) is 0 Å². The van der Waals surface area contributed by atoms with Crippen molar-refractivity contribution >= 4 is 0 Å². The van der Waals surface area contributed by atoms with Gasteiger partial charge in [-0.05, 0) is 18.3 Å². The first-order valence-corrected chi connectivity index (χ1v) is 6.71. The minimum Gasteiger partial charge on any atom is -0.0654 e.